The van der Waals surface area contributed by atoms with Crippen LogP contribution in [0.15, 0.2) is 15.5 Å². The Labute approximate surface area is 127 Å². The molecular weight excluding hydrogens is 355 g/mol. The Kier molecular flexibility index (Phi) is 4.62. The summed E-state index contributed by atoms with van der Waals surface area (Å²) in [6.07, 6.45) is -0.666. The van der Waals surface area contributed by atoms with Gasteiger partial charge in [0, 0.05) is 13.2 Å². The fourth-order valence-electron chi connectivity index (χ4n) is 2.08. The smallest absolute Gasteiger partial charge is 0.396 e. The van der Waals surface area contributed by atoms with Crippen LogP contribution in [0.25, 0.3) is 0 Å². The summed E-state index contributed by atoms with van der Waals surface area (Å²) in [5.41, 5.74) is -0.443. The maximum atomic E-state index is 12.3. The first-order valence-electron chi connectivity index (χ1n) is 6.43. The van der Waals surface area contributed by atoms with Crippen LogP contribution in [0.5, 0.6) is 0 Å². The van der Waals surface area contributed by atoms with Gasteiger partial charge < -0.3 is 10.4 Å². The van der Waals surface area contributed by atoms with Crippen LogP contribution >= 0.6 is 15.9 Å². The highest BCUT2D eigenvalue weighted by Gasteiger charge is 2.41. The molecule has 1 heterocycles. The molecule has 1 fully saturated rings. The lowest BCUT2D eigenvalue weighted by Gasteiger charge is -2.16. The third kappa shape index (κ3) is 4.19. The minimum Gasteiger partial charge on any atom is -0.396 e. The molecule has 0 spiro atoms. The predicted octanol–water partition coefficient (Wildman–Crippen LogP) is 2.14. The molecule has 0 unspecified atom stereocenters. The third-order valence-corrected chi connectivity index (χ3v) is 4.33. The van der Waals surface area contributed by atoms with Gasteiger partial charge in [-0.15, -0.1) is 0 Å². The molecule has 21 heavy (non-hydrogen) atoms. The van der Waals surface area contributed by atoms with Gasteiger partial charge in [0.2, 0.25) is 0 Å². The van der Waals surface area contributed by atoms with E-state index in [9.17, 15) is 18.0 Å². The summed E-state index contributed by atoms with van der Waals surface area (Å²) in [5.74, 6) is 0. The lowest BCUT2D eigenvalue weighted by molar-refractivity contribution is -0.143. The number of rotatable bonds is 6. The van der Waals surface area contributed by atoms with Crippen LogP contribution in [0, 0.1) is 5.41 Å². The SMILES string of the molecule is O=c1c(Br)c(NCC2(CCO)CC2)cnn1CC(F)(F)F. The van der Waals surface area contributed by atoms with Crippen molar-refractivity contribution in [3.8, 4) is 0 Å². The Morgan fingerprint density at radius 3 is 2.67 bits per heavy atom. The van der Waals surface area contributed by atoms with Gasteiger partial charge >= 0.3 is 6.18 Å². The highest BCUT2D eigenvalue weighted by Crippen LogP contribution is 2.48. The van der Waals surface area contributed by atoms with Crippen LogP contribution in [0.1, 0.15) is 19.3 Å². The minimum atomic E-state index is -4.50. The normalized spacial score (nSPS) is 16.8. The van der Waals surface area contributed by atoms with E-state index in [2.05, 4.69) is 26.3 Å². The molecule has 0 saturated heterocycles. The molecule has 1 saturated carbocycles. The molecule has 1 aromatic heterocycles. The zero-order valence-electron chi connectivity index (χ0n) is 11.1. The van der Waals surface area contributed by atoms with Crippen molar-refractivity contribution in [3.63, 3.8) is 0 Å². The van der Waals surface area contributed by atoms with Crippen LogP contribution in [-0.2, 0) is 6.54 Å². The van der Waals surface area contributed by atoms with Crippen molar-refractivity contribution in [1.29, 1.82) is 0 Å². The van der Waals surface area contributed by atoms with Gasteiger partial charge in [-0.1, -0.05) is 0 Å². The fourth-order valence-corrected chi connectivity index (χ4v) is 2.53. The van der Waals surface area contributed by atoms with E-state index < -0.39 is 18.3 Å². The number of halogens is 4. The summed E-state index contributed by atoms with van der Waals surface area (Å²) < 4.78 is 37.3. The molecule has 118 valence electrons. The van der Waals surface area contributed by atoms with E-state index in [4.69, 9.17) is 5.11 Å². The molecule has 1 aliphatic carbocycles. The monoisotopic (exact) mass is 369 g/mol. The van der Waals surface area contributed by atoms with Crippen molar-refractivity contribution in [2.45, 2.75) is 32.0 Å². The Morgan fingerprint density at radius 1 is 1.48 bits per heavy atom. The maximum Gasteiger partial charge on any atom is 0.408 e. The Hall–Kier alpha value is -1.09. The Balaban J connectivity index is 2.08. The number of aliphatic hydroxyl groups excluding tert-OH is 1. The first kappa shape index (κ1) is 16.3. The van der Waals surface area contributed by atoms with Gasteiger partial charge in [0.15, 0.2) is 0 Å². The lowest BCUT2D eigenvalue weighted by Crippen LogP contribution is -2.31. The number of nitrogens with one attached hydrogen (secondary N) is 1. The maximum absolute atomic E-state index is 12.3. The van der Waals surface area contributed by atoms with Crippen LogP contribution in [0.3, 0.4) is 0 Å². The van der Waals surface area contributed by atoms with Gasteiger partial charge in [-0.3, -0.25) is 4.79 Å². The van der Waals surface area contributed by atoms with Gasteiger partial charge in [-0.25, -0.2) is 4.68 Å². The number of aliphatic hydroxyl groups is 1. The van der Waals surface area contributed by atoms with Crippen molar-refractivity contribution in [2.75, 3.05) is 18.5 Å². The van der Waals surface area contributed by atoms with E-state index in [1.54, 1.807) is 0 Å². The number of nitrogens with zero attached hydrogens (tertiary/aromatic N) is 2. The predicted molar refractivity (Wildman–Crippen MR) is 74.1 cm³/mol. The molecule has 0 radical (unpaired) electrons. The highest BCUT2D eigenvalue weighted by molar-refractivity contribution is 9.10. The van der Waals surface area contributed by atoms with Gasteiger partial charge in [0.05, 0.1) is 11.9 Å². The van der Waals surface area contributed by atoms with Crippen molar-refractivity contribution in [1.82, 2.24) is 9.78 Å². The van der Waals surface area contributed by atoms with E-state index in [1.165, 1.54) is 6.20 Å². The molecular formula is C12H15BrF3N3O2. The number of hydrogen-bond donors (Lipinski definition) is 2. The molecule has 9 heteroatoms. The average Bonchev–Trinajstić information content (AvgIpc) is 3.13. The molecule has 0 aromatic carbocycles. The van der Waals surface area contributed by atoms with E-state index in [1.807, 2.05) is 0 Å². The molecule has 2 N–H and O–H groups in total. The van der Waals surface area contributed by atoms with Crippen LogP contribution in [0.4, 0.5) is 18.9 Å². The van der Waals surface area contributed by atoms with Crippen LogP contribution in [-0.4, -0.2) is 34.2 Å². The molecule has 0 atom stereocenters. The summed E-state index contributed by atoms with van der Waals surface area (Å²) in [7, 11) is 0. The zero-order chi connectivity index (χ0) is 15.7. The lowest BCUT2D eigenvalue weighted by atomic mass is 10.0. The van der Waals surface area contributed by atoms with Crippen molar-refractivity contribution >= 4 is 21.6 Å². The first-order valence-corrected chi connectivity index (χ1v) is 7.23. The van der Waals surface area contributed by atoms with E-state index in [-0.39, 0.29) is 16.5 Å². The summed E-state index contributed by atoms with van der Waals surface area (Å²) in [5, 5.41) is 15.5. The number of hydrogen-bond acceptors (Lipinski definition) is 4. The van der Waals surface area contributed by atoms with E-state index in [0.717, 1.165) is 12.8 Å². The molecule has 0 bridgehead atoms. The summed E-state index contributed by atoms with van der Waals surface area (Å²) >= 11 is 3.01. The van der Waals surface area contributed by atoms with E-state index >= 15 is 0 Å². The van der Waals surface area contributed by atoms with Gasteiger partial charge in [-0.2, -0.15) is 18.3 Å². The quantitative estimate of drug-likeness (QED) is 0.806. The Bertz CT molecular complexity index is 570. The van der Waals surface area contributed by atoms with Crippen molar-refractivity contribution in [2.24, 2.45) is 5.41 Å². The van der Waals surface area contributed by atoms with Crippen molar-refractivity contribution < 1.29 is 18.3 Å². The largest absolute Gasteiger partial charge is 0.408 e. The topological polar surface area (TPSA) is 67.2 Å². The third-order valence-electron chi connectivity index (χ3n) is 3.57. The van der Waals surface area contributed by atoms with Gasteiger partial charge in [-0.05, 0) is 40.6 Å². The Morgan fingerprint density at radius 2 is 2.14 bits per heavy atom. The van der Waals surface area contributed by atoms with Gasteiger partial charge in [0.25, 0.3) is 5.56 Å². The average molecular weight is 370 g/mol. The molecule has 1 aromatic rings. The van der Waals surface area contributed by atoms with Gasteiger partial charge in [0.1, 0.15) is 11.0 Å². The second-order valence-electron chi connectivity index (χ2n) is 5.28. The number of aromatic nitrogens is 2. The molecule has 1 aliphatic rings. The molecule has 0 amide bonds. The van der Waals surface area contributed by atoms with Crippen molar-refractivity contribution in [3.05, 3.63) is 21.0 Å². The number of alkyl halides is 3. The fraction of sp³-hybridized carbons (Fsp3) is 0.667. The van der Waals surface area contributed by atoms with E-state index in [0.29, 0.717) is 23.3 Å². The summed E-state index contributed by atoms with van der Waals surface area (Å²) in [4.78, 5) is 11.8. The number of anilines is 1. The molecule has 2 rings (SSSR count). The van der Waals surface area contributed by atoms with Crippen LogP contribution < -0.4 is 10.9 Å². The minimum absolute atomic E-state index is 0.0228. The standard InChI is InChI=1S/C12H15BrF3N3O2/c13-9-8(17-6-11(1-2-11)3-4-20)5-18-19(10(9)21)7-12(14,15)16/h5,17,20H,1-4,6-7H2. The molecule has 0 aliphatic heterocycles. The molecule has 5 nitrogen and oxygen atoms in total. The summed E-state index contributed by atoms with van der Waals surface area (Å²) in [6, 6.07) is 0. The second-order valence-corrected chi connectivity index (χ2v) is 6.07. The van der Waals surface area contributed by atoms with Crippen LogP contribution in [0.2, 0.25) is 0 Å². The zero-order valence-corrected chi connectivity index (χ0v) is 12.7. The first-order chi connectivity index (χ1) is 9.76. The summed E-state index contributed by atoms with van der Waals surface area (Å²) in [6.45, 7) is -0.774. The highest BCUT2D eigenvalue weighted by atomic mass is 79.9. The second kappa shape index (κ2) is 5.96.